The van der Waals surface area contributed by atoms with Gasteiger partial charge in [-0.3, -0.25) is 9.59 Å². The molecule has 0 atom stereocenters. The Morgan fingerprint density at radius 1 is 0.690 bits per heavy atom. The second-order valence-electron chi connectivity index (χ2n) is 6.66. The van der Waals surface area contributed by atoms with Gasteiger partial charge in [0.05, 0.1) is 5.56 Å². The van der Waals surface area contributed by atoms with Gasteiger partial charge in [-0.05, 0) is 23.3 Å². The minimum Gasteiger partial charge on any atom is -0.298 e. The fraction of sp³-hybridized carbons (Fsp3) is 0.167. The molecule has 0 aliphatic rings. The molecule has 0 aliphatic heterocycles. The van der Waals surface area contributed by atoms with Crippen LogP contribution in [0.1, 0.15) is 40.4 Å². The van der Waals surface area contributed by atoms with Crippen molar-refractivity contribution >= 4 is 11.6 Å². The summed E-state index contributed by atoms with van der Waals surface area (Å²) in [4.78, 5) is 27.0. The average molecular weight is 396 g/mol. The molecule has 0 spiro atoms. The van der Waals surface area contributed by atoms with Crippen LogP contribution in [0.4, 0.5) is 13.2 Å². The van der Waals surface area contributed by atoms with E-state index in [1.807, 2.05) is 0 Å². The third-order valence-corrected chi connectivity index (χ3v) is 4.97. The molecule has 3 aromatic carbocycles. The van der Waals surface area contributed by atoms with E-state index in [2.05, 4.69) is 0 Å². The minimum absolute atomic E-state index is 0.0486. The standard InChI is InChI=1S/C24H19F3O2/c1-2-21(28)23(18-9-5-3-6-10-18,19-11-7-4-8-12-19)22(29)17-13-15-20(16-14-17)24(25,26)27/h3-16H,2H2,1H3. The lowest BCUT2D eigenvalue weighted by Crippen LogP contribution is -2.44. The van der Waals surface area contributed by atoms with Gasteiger partial charge in [0, 0.05) is 12.0 Å². The average Bonchev–Trinajstić information content (AvgIpc) is 2.75. The monoisotopic (exact) mass is 396 g/mol. The number of carbonyl (C=O) groups excluding carboxylic acids is 2. The maximum atomic E-state index is 13.7. The lowest BCUT2D eigenvalue weighted by molar-refractivity contribution is -0.137. The molecular formula is C24H19F3O2. The number of benzene rings is 3. The summed E-state index contributed by atoms with van der Waals surface area (Å²) >= 11 is 0. The topological polar surface area (TPSA) is 34.1 Å². The van der Waals surface area contributed by atoms with E-state index < -0.39 is 22.9 Å². The summed E-state index contributed by atoms with van der Waals surface area (Å²) in [5, 5.41) is 0. The lowest BCUT2D eigenvalue weighted by Gasteiger charge is -2.32. The molecule has 0 N–H and O–H groups in total. The van der Waals surface area contributed by atoms with Gasteiger partial charge in [-0.25, -0.2) is 0 Å². The SMILES string of the molecule is CCC(=O)C(C(=O)c1ccc(C(F)(F)F)cc1)(c1ccccc1)c1ccccc1. The van der Waals surface area contributed by atoms with Gasteiger partial charge in [0.1, 0.15) is 5.41 Å². The number of carbonyl (C=O) groups is 2. The van der Waals surface area contributed by atoms with Crippen LogP contribution in [-0.4, -0.2) is 11.6 Å². The molecule has 0 amide bonds. The van der Waals surface area contributed by atoms with Gasteiger partial charge in [0.15, 0.2) is 11.6 Å². The first-order valence-electron chi connectivity index (χ1n) is 9.18. The van der Waals surface area contributed by atoms with Gasteiger partial charge in [-0.2, -0.15) is 13.2 Å². The Bertz CT molecular complexity index is 952. The van der Waals surface area contributed by atoms with E-state index in [1.165, 1.54) is 0 Å². The van der Waals surface area contributed by atoms with Crippen molar-refractivity contribution in [1.29, 1.82) is 0 Å². The van der Waals surface area contributed by atoms with E-state index in [0.717, 1.165) is 24.3 Å². The fourth-order valence-electron chi connectivity index (χ4n) is 3.55. The van der Waals surface area contributed by atoms with Gasteiger partial charge in [0.25, 0.3) is 0 Å². The third-order valence-electron chi connectivity index (χ3n) is 4.97. The first kappa shape index (κ1) is 20.5. The predicted molar refractivity (Wildman–Crippen MR) is 105 cm³/mol. The van der Waals surface area contributed by atoms with Crippen molar-refractivity contribution in [1.82, 2.24) is 0 Å². The summed E-state index contributed by atoms with van der Waals surface area (Å²) in [7, 11) is 0. The smallest absolute Gasteiger partial charge is 0.298 e. The Kier molecular flexibility index (Phi) is 5.69. The molecular weight excluding hydrogens is 377 g/mol. The van der Waals surface area contributed by atoms with Gasteiger partial charge >= 0.3 is 6.18 Å². The van der Waals surface area contributed by atoms with Crippen LogP contribution in [-0.2, 0) is 16.4 Å². The lowest BCUT2D eigenvalue weighted by atomic mass is 9.66. The quantitative estimate of drug-likeness (QED) is 0.387. The number of halogens is 3. The van der Waals surface area contributed by atoms with E-state index >= 15 is 0 Å². The van der Waals surface area contributed by atoms with Crippen molar-refractivity contribution in [2.45, 2.75) is 24.9 Å². The normalized spacial score (nSPS) is 11.9. The Balaban J connectivity index is 2.25. The zero-order valence-corrected chi connectivity index (χ0v) is 15.7. The maximum absolute atomic E-state index is 13.7. The molecule has 0 aliphatic carbocycles. The van der Waals surface area contributed by atoms with Crippen LogP contribution in [0.15, 0.2) is 84.9 Å². The molecule has 0 radical (unpaired) electrons. The van der Waals surface area contributed by atoms with Crippen LogP contribution in [0.25, 0.3) is 0 Å². The number of hydrogen-bond donors (Lipinski definition) is 0. The fourth-order valence-corrected chi connectivity index (χ4v) is 3.55. The summed E-state index contributed by atoms with van der Waals surface area (Å²) < 4.78 is 38.8. The van der Waals surface area contributed by atoms with Crippen LogP contribution < -0.4 is 0 Å². The largest absolute Gasteiger partial charge is 0.416 e. The minimum atomic E-state index is -4.50. The maximum Gasteiger partial charge on any atom is 0.416 e. The molecule has 5 heteroatoms. The van der Waals surface area contributed by atoms with Crippen LogP contribution in [0.3, 0.4) is 0 Å². The van der Waals surface area contributed by atoms with Crippen molar-refractivity contribution in [2.75, 3.05) is 0 Å². The predicted octanol–water partition coefficient (Wildman–Crippen LogP) is 5.85. The number of rotatable bonds is 6. The van der Waals surface area contributed by atoms with E-state index in [1.54, 1.807) is 67.6 Å². The van der Waals surface area contributed by atoms with E-state index in [9.17, 15) is 22.8 Å². The van der Waals surface area contributed by atoms with E-state index in [-0.39, 0.29) is 17.8 Å². The zero-order chi connectivity index (χ0) is 21.1. The van der Waals surface area contributed by atoms with Crippen molar-refractivity contribution in [3.8, 4) is 0 Å². The van der Waals surface area contributed by atoms with Gasteiger partial charge < -0.3 is 0 Å². The Labute approximate surface area is 167 Å². The molecule has 148 valence electrons. The Morgan fingerprint density at radius 2 is 1.14 bits per heavy atom. The summed E-state index contributed by atoms with van der Waals surface area (Å²) in [5.41, 5.74) is -1.45. The van der Waals surface area contributed by atoms with E-state index in [0.29, 0.717) is 11.1 Å². The number of hydrogen-bond acceptors (Lipinski definition) is 2. The highest BCUT2D eigenvalue weighted by molar-refractivity contribution is 6.22. The molecule has 0 saturated heterocycles. The molecule has 0 aromatic heterocycles. The highest BCUT2D eigenvalue weighted by atomic mass is 19.4. The second-order valence-corrected chi connectivity index (χ2v) is 6.66. The molecule has 0 heterocycles. The van der Waals surface area contributed by atoms with Crippen molar-refractivity contribution in [3.63, 3.8) is 0 Å². The van der Waals surface area contributed by atoms with Crippen molar-refractivity contribution < 1.29 is 22.8 Å². The van der Waals surface area contributed by atoms with Crippen LogP contribution in [0.2, 0.25) is 0 Å². The third kappa shape index (κ3) is 3.73. The molecule has 0 unspecified atom stereocenters. The highest BCUT2D eigenvalue weighted by Crippen LogP contribution is 2.38. The molecule has 3 aromatic rings. The molecule has 2 nitrogen and oxygen atoms in total. The van der Waals surface area contributed by atoms with Gasteiger partial charge in [-0.1, -0.05) is 79.7 Å². The van der Waals surface area contributed by atoms with Gasteiger partial charge in [-0.15, -0.1) is 0 Å². The van der Waals surface area contributed by atoms with Crippen LogP contribution in [0, 0.1) is 0 Å². The molecule has 0 fully saturated rings. The second kappa shape index (κ2) is 8.03. The molecule has 29 heavy (non-hydrogen) atoms. The molecule has 0 saturated carbocycles. The van der Waals surface area contributed by atoms with Crippen LogP contribution >= 0.6 is 0 Å². The summed E-state index contributed by atoms with van der Waals surface area (Å²) in [5.74, 6) is -0.865. The van der Waals surface area contributed by atoms with Crippen molar-refractivity contribution in [3.05, 3.63) is 107 Å². The van der Waals surface area contributed by atoms with Crippen LogP contribution in [0.5, 0.6) is 0 Å². The first-order valence-corrected chi connectivity index (χ1v) is 9.18. The number of ketones is 2. The molecule has 3 rings (SSSR count). The number of alkyl halides is 3. The summed E-state index contributed by atoms with van der Waals surface area (Å²) in [6, 6.07) is 21.3. The van der Waals surface area contributed by atoms with E-state index in [4.69, 9.17) is 0 Å². The Morgan fingerprint density at radius 3 is 1.52 bits per heavy atom. The van der Waals surface area contributed by atoms with Gasteiger partial charge in [0.2, 0.25) is 0 Å². The Hall–Kier alpha value is -3.21. The summed E-state index contributed by atoms with van der Waals surface area (Å²) in [6.07, 6.45) is -4.41. The number of Topliss-reactive ketones (excluding diaryl/α,β-unsaturated/α-hetero) is 2. The first-order chi connectivity index (χ1) is 13.8. The van der Waals surface area contributed by atoms with Crippen molar-refractivity contribution in [2.24, 2.45) is 0 Å². The molecule has 0 bridgehead atoms. The summed E-state index contributed by atoms with van der Waals surface area (Å²) in [6.45, 7) is 1.67. The zero-order valence-electron chi connectivity index (χ0n) is 15.7. The highest BCUT2D eigenvalue weighted by Gasteiger charge is 2.48.